The molecule has 5 heteroatoms. The lowest BCUT2D eigenvalue weighted by molar-refractivity contribution is 0.224. The third kappa shape index (κ3) is 3.02. The second kappa shape index (κ2) is 5.66. The molecular weight excluding hydrogens is 294 g/mol. The molecule has 0 bridgehead atoms. The van der Waals surface area contributed by atoms with E-state index in [1.54, 1.807) is 0 Å². The molecule has 0 unspecified atom stereocenters. The molecule has 1 aromatic rings. The number of nitrogens with zero attached hydrogens (tertiary/aromatic N) is 1. The van der Waals surface area contributed by atoms with Crippen molar-refractivity contribution in [3.63, 3.8) is 0 Å². The number of benzene rings is 1. The normalized spacial score (nSPS) is 29.9. The van der Waals surface area contributed by atoms with E-state index in [0.717, 1.165) is 37.4 Å². The first-order chi connectivity index (χ1) is 9.55. The summed E-state index contributed by atoms with van der Waals surface area (Å²) < 4.78 is 23.2. The standard InChI is InChI=1S/C15H20ClNO2S/c16-14-5-2-1-4-13(14)15-6-3-8-17(15)10-12-7-9-20(18,19)11-12/h1-2,4-5,12,15H,3,6-11H2/t12-,15+/m1/s1. The van der Waals surface area contributed by atoms with Gasteiger partial charge in [-0.2, -0.15) is 0 Å². The summed E-state index contributed by atoms with van der Waals surface area (Å²) in [4.78, 5) is 2.42. The first kappa shape index (κ1) is 14.4. The van der Waals surface area contributed by atoms with Gasteiger partial charge in [-0.15, -0.1) is 0 Å². The molecule has 20 heavy (non-hydrogen) atoms. The van der Waals surface area contributed by atoms with Gasteiger partial charge in [0.1, 0.15) is 0 Å². The van der Waals surface area contributed by atoms with E-state index in [1.165, 1.54) is 5.56 Å². The molecule has 0 spiro atoms. The van der Waals surface area contributed by atoms with Crippen LogP contribution in [0.3, 0.4) is 0 Å². The molecule has 2 fully saturated rings. The van der Waals surface area contributed by atoms with Crippen LogP contribution in [0.4, 0.5) is 0 Å². The largest absolute Gasteiger partial charge is 0.296 e. The van der Waals surface area contributed by atoms with Gasteiger partial charge in [-0.05, 0) is 43.4 Å². The highest BCUT2D eigenvalue weighted by Crippen LogP contribution is 2.36. The fourth-order valence-electron chi connectivity index (χ4n) is 3.49. The Hall–Kier alpha value is -0.580. The van der Waals surface area contributed by atoms with Crippen LogP contribution in [0.2, 0.25) is 5.02 Å². The highest BCUT2D eigenvalue weighted by atomic mass is 35.5. The molecule has 2 saturated heterocycles. The van der Waals surface area contributed by atoms with Crippen molar-refractivity contribution in [3.8, 4) is 0 Å². The van der Waals surface area contributed by atoms with Gasteiger partial charge >= 0.3 is 0 Å². The van der Waals surface area contributed by atoms with E-state index in [4.69, 9.17) is 11.6 Å². The summed E-state index contributed by atoms with van der Waals surface area (Å²) in [5.74, 6) is 1.02. The van der Waals surface area contributed by atoms with E-state index < -0.39 is 9.84 Å². The van der Waals surface area contributed by atoms with Gasteiger partial charge in [-0.3, -0.25) is 4.90 Å². The smallest absolute Gasteiger partial charge is 0.150 e. The van der Waals surface area contributed by atoms with E-state index in [-0.39, 0.29) is 0 Å². The van der Waals surface area contributed by atoms with Crippen molar-refractivity contribution in [3.05, 3.63) is 34.9 Å². The minimum absolute atomic E-state index is 0.295. The van der Waals surface area contributed by atoms with Gasteiger partial charge < -0.3 is 0 Å². The molecule has 2 atom stereocenters. The highest BCUT2D eigenvalue weighted by molar-refractivity contribution is 7.91. The van der Waals surface area contributed by atoms with Crippen molar-refractivity contribution in [1.29, 1.82) is 0 Å². The Balaban J connectivity index is 1.72. The third-order valence-corrected chi connectivity index (χ3v) is 6.63. The number of rotatable bonds is 3. The molecule has 0 amide bonds. The summed E-state index contributed by atoms with van der Waals surface area (Å²) in [6, 6.07) is 8.36. The van der Waals surface area contributed by atoms with Crippen LogP contribution in [0.25, 0.3) is 0 Å². The Kier molecular flexibility index (Phi) is 4.07. The van der Waals surface area contributed by atoms with Crippen LogP contribution < -0.4 is 0 Å². The van der Waals surface area contributed by atoms with Crippen LogP contribution in [0, 0.1) is 5.92 Å². The summed E-state index contributed by atoms with van der Waals surface area (Å²) >= 11 is 6.31. The fourth-order valence-corrected chi connectivity index (χ4v) is 5.60. The highest BCUT2D eigenvalue weighted by Gasteiger charge is 2.33. The van der Waals surface area contributed by atoms with Crippen LogP contribution in [-0.4, -0.2) is 37.9 Å². The Labute approximate surface area is 125 Å². The molecule has 110 valence electrons. The molecule has 1 aromatic carbocycles. The zero-order valence-corrected chi connectivity index (χ0v) is 13.0. The molecule has 3 rings (SSSR count). The van der Waals surface area contributed by atoms with Crippen molar-refractivity contribution < 1.29 is 8.42 Å². The van der Waals surface area contributed by atoms with Crippen molar-refractivity contribution in [2.24, 2.45) is 5.92 Å². The van der Waals surface area contributed by atoms with Gasteiger partial charge in [0.05, 0.1) is 11.5 Å². The van der Waals surface area contributed by atoms with Crippen LogP contribution in [-0.2, 0) is 9.84 Å². The Bertz CT molecular complexity index is 587. The first-order valence-electron chi connectivity index (χ1n) is 7.24. The second-order valence-electron chi connectivity index (χ2n) is 5.94. The van der Waals surface area contributed by atoms with Crippen LogP contribution in [0.1, 0.15) is 30.9 Å². The van der Waals surface area contributed by atoms with E-state index in [1.807, 2.05) is 18.2 Å². The van der Waals surface area contributed by atoms with E-state index >= 15 is 0 Å². The van der Waals surface area contributed by atoms with Crippen LogP contribution in [0.15, 0.2) is 24.3 Å². The predicted molar refractivity (Wildman–Crippen MR) is 81.8 cm³/mol. The zero-order valence-electron chi connectivity index (χ0n) is 11.5. The summed E-state index contributed by atoms with van der Waals surface area (Å²) in [7, 11) is -2.78. The number of hydrogen-bond acceptors (Lipinski definition) is 3. The fraction of sp³-hybridized carbons (Fsp3) is 0.600. The topological polar surface area (TPSA) is 37.4 Å². The van der Waals surface area contributed by atoms with Crippen molar-refractivity contribution in [2.75, 3.05) is 24.6 Å². The van der Waals surface area contributed by atoms with Gasteiger partial charge in [0, 0.05) is 17.6 Å². The second-order valence-corrected chi connectivity index (χ2v) is 8.58. The zero-order chi connectivity index (χ0) is 14.2. The maximum Gasteiger partial charge on any atom is 0.150 e. The molecule has 0 aliphatic carbocycles. The lowest BCUT2D eigenvalue weighted by Crippen LogP contribution is -2.30. The number of likely N-dealkylation sites (tertiary alicyclic amines) is 1. The molecule has 3 nitrogen and oxygen atoms in total. The molecule has 0 aromatic heterocycles. The Morgan fingerprint density at radius 3 is 2.75 bits per heavy atom. The molecule has 0 radical (unpaired) electrons. The van der Waals surface area contributed by atoms with Gasteiger partial charge in [0.2, 0.25) is 0 Å². The molecule has 0 N–H and O–H groups in total. The minimum Gasteiger partial charge on any atom is -0.296 e. The van der Waals surface area contributed by atoms with Crippen molar-refractivity contribution >= 4 is 21.4 Å². The molecule has 2 aliphatic heterocycles. The average Bonchev–Trinajstić information content (AvgIpc) is 2.97. The van der Waals surface area contributed by atoms with Crippen LogP contribution >= 0.6 is 11.6 Å². The van der Waals surface area contributed by atoms with Gasteiger partial charge in [0.15, 0.2) is 9.84 Å². The quantitative estimate of drug-likeness (QED) is 0.861. The van der Waals surface area contributed by atoms with Crippen molar-refractivity contribution in [1.82, 2.24) is 4.90 Å². The Morgan fingerprint density at radius 1 is 1.25 bits per heavy atom. The number of hydrogen-bond donors (Lipinski definition) is 0. The first-order valence-corrected chi connectivity index (χ1v) is 9.44. The van der Waals surface area contributed by atoms with Gasteiger partial charge in [-0.25, -0.2) is 8.42 Å². The molecule has 2 aliphatic rings. The van der Waals surface area contributed by atoms with Gasteiger partial charge in [-0.1, -0.05) is 29.8 Å². The predicted octanol–water partition coefficient (Wildman–Crippen LogP) is 2.91. The lowest BCUT2D eigenvalue weighted by Gasteiger charge is -2.27. The molecular formula is C15H20ClNO2S. The maximum atomic E-state index is 11.6. The Morgan fingerprint density at radius 2 is 2.05 bits per heavy atom. The number of halogens is 1. The number of sulfone groups is 1. The van der Waals surface area contributed by atoms with Crippen LogP contribution in [0.5, 0.6) is 0 Å². The minimum atomic E-state index is -2.78. The molecule has 2 heterocycles. The SMILES string of the molecule is O=S1(=O)CC[C@H](CN2CCC[C@H]2c2ccccc2Cl)C1. The van der Waals surface area contributed by atoms with E-state index in [2.05, 4.69) is 11.0 Å². The third-order valence-electron chi connectivity index (χ3n) is 4.45. The summed E-state index contributed by atoms with van der Waals surface area (Å²) in [5.41, 5.74) is 1.19. The lowest BCUT2D eigenvalue weighted by atomic mass is 10.0. The van der Waals surface area contributed by atoms with Gasteiger partial charge in [0.25, 0.3) is 0 Å². The summed E-state index contributed by atoms with van der Waals surface area (Å²) in [6.45, 7) is 1.93. The summed E-state index contributed by atoms with van der Waals surface area (Å²) in [5, 5.41) is 0.823. The average molecular weight is 314 g/mol. The van der Waals surface area contributed by atoms with E-state index in [0.29, 0.717) is 23.5 Å². The van der Waals surface area contributed by atoms with Crippen molar-refractivity contribution in [2.45, 2.75) is 25.3 Å². The summed E-state index contributed by atoms with van der Waals surface area (Å²) in [6.07, 6.45) is 3.09. The van der Waals surface area contributed by atoms with E-state index in [9.17, 15) is 8.42 Å². The maximum absolute atomic E-state index is 11.6. The molecule has 0 saturated carbocycles. The monoisotopic (exact) mass is 313 g/mol.